The smallest absolute Gasteiger partial charge is 0.323 e. The Kier molecular flexibility index (Phi) is 3.34. The van der Waals surface area contributed by atoms with E-state index in [0.717, 1.165) is 0 Å². The van der Waals surface area contributed by atoms with Gasteiger partial charge in [0.2, 0.25) is 0 Å². The van der Waals surface area contributed by atoms with Crippen molar-refractivity contribution in [2.75, 3.05) is 13.3 Å². The molecule has 0 radical (unpaired) electrons. The zero-order chi connectivity index (χ0) is 9.07. The number of hydrogen-bond acceptors (Lipinski definition) is 3. The molecule has 0 aromatic heterocycles. The van der Waals surface area contributed by atoms with Crippen LogP contribution in [0.25, 0.3) is 0 Å². The highest BCUT2D eigenvalue weighted by atomic mass is 19.1. The average molecular weight is 169 g/mol. The van der Waals surface area contributed by atoms with Crippen LogP contribution in [0.15, 0.2) is 0 Å². The fraction of sp³-hybridized carbons (Fsp3) is 0.800. The largest absolute Gasteiger partial charge is 0.480 e. The number of halogens is 2. The Labute approximate surface area is 61.6 Å². The molecule has 0 unspecified atom stereocenters. The Bertz CT molecular complexity index is 149. The lowest BCUT2D eigenvalue weighted by Crippen LogP contribution is -2.56. The molecule has 0 aromatic rings. The highest BCUT2D eigenvalue weighted by Crippen LogP contribution is 2.10. The minimum Gasteiger partial charge on any atom is -0.480 e. The Morgan fingerprint density at radius 3 is 2.00 bits per heavy atom. The summed E-state index contributed by atoms with van der Waals surface area (Å²) >= 11 is 0. The van der Waals surface area contributed by atoms with Gasteiger partial charge in [-0.2, -0.15) is 0 Å². The van der Waals surface area contributed by atoms with E-state index in [-0.39, 0.29) is 0 Å². The van der Waals surface area contributed by atoms with Gasteiger partial charge in [0.15, 0.2) is 0 Å². The summed E-state index contributed by atoms with van der Waals surface area (Å²) < 4.78 is 23.6. The van der Waals surface area contributed by atoms with Crippen LogP contribution in [-0.2, 0) is 4.79 Å². The molecular formula is C5H9F2NO3. The molecule has 0 rings (SSSR count). The normalized spacial score (nSPS) is 14.5. The van der Waals surface area contributed by atoms with Gasteiger partial charge in [0.25, 0.3) is 0 Å². The van der Waals surface area contributed by atoms with Crippen molar-refractivity contribution in [3.05, 3.63) is 0 Å². The molecule has 1 atom stereocenters. The minimum absolute atomic E-state index is 1.52. The van der Waals surface area contributed by atoms with Crippen molar-refractivity contribution in [1.29, 1.82) is 0 Å². The number of hydrogen-bond donors (Lipinski definition) is 3. The van der Waals surface area contributed by atoms with E-state index >= 15 is 0 Å². The van der Waals surface area contributed by atoms with Crippen molar-refractivity contribution < 1.29 is 23.8 Å². The lowest BCUT2D eigenvalue weighted by Gasteiger charge is -2.24. The Hall–Kier alpha value is -0.750. The Balaban J connectivity index is 4.36. The first-order chi connectivity index (χ1) is 4.98. The van der Waals surface area contributed by atoms with Crippen LogP contribution in [0, 0.1) is 0 Å². The molecule has 0 saturated heterocycles. The van der Waals surface area contributed by atoms with Gasteiger partial charge < -0.3 is 15.9 Å². The van der Waals surface area contributed by atoms with E-state index in [1.165, 1.54) is 0 Å². The maximum Gasteiger partial charge on any atom is 0.323 e. The maximum absolute atomic E-state index is 11.8. The monoisotopic (exact) mass is 169 g/mol. The maximum atomic E-state index is 11.8. The summed E-state index contributed by atoms with van der Waals surface area (Å²) in [4.78, 5) is 10.0. The van der Waals surface area contributed by atoms with Crippen molar-refractivity contribution in [2.24, 2.45) is 5.73 Å². The van der Waals surface area contributed by atoms with Gasteiger partial charge in [-0.05, 0) is 0 Å². The lowest BCUT2D eigenvalue weighted by atomic mass is 9.98. The third-order valence-electron chi connectivity index (χ3n) is 1.31. The summed E-state index contributed by atoms with van der Waals surface area (Å²) in [5, 5.41) is 17.0. The SMILES string of the molecule is N[C@H](C(=O)O)C(O)(CF)CF. The van der Waals surface area contributed by atoms with E-state index in [9.17, 15) is 13.6 Å². The highest BCUT2D eigenvalue weighted by molar-refractivity contribution is 5.74. The summed E-state index contributed by atoms with van der Waals surface area (Å²) in [6.07, 6.45) is 0. The van der Waals surface area contributed by atoms with Crippen LogP contribution >= 0.6 is 0 Å². The van der Waals surface area contributed by atoms with Crippen LogP contribution in [0.3, 0.4) is 0 Å². The number of carbonyl (C=O) groups is 1. The fourth-order valence-corrected chi connectivity index (χ4v) is 0.432. The topological polar surface area (TPSA) is 83.6 Å². The molecule has 4 N–H and O–H groups in total. The van der Waals surface area contributed by atoms with Crippen LogP contribution in [0.5, 0.6) is 0 Å². The quantitative estimate of drug-likeness (QED) is 0.507. The van der Waals surface area contributed by atoms with Gasteiger partial charge in [0.05, 0.1) is 0 Å². The van der Waals surface area contributed by atoms with E-state index in [0.29, 0.717) is 0 Å². The predicted molar refractivity (Wildman–Crippen MR) is 32.5 cm³/mol. The van der Waals surface area contributed by atoms with Gasteiger partial charge in [-0.25, -0.2) is 8.78 Å². The van der Waals surface area contributed by atoms with Crippen LogP contribution < -0.4 is 5.73 Å². The molecule has 0 heterocycles. The molecule has 0 fully saturated rings. The molecule has 0 aromatic carbocycles. The Morgan fingerprint density at radius 2 is 1.91 bits per heavy atom. The number of aliphatic carboxylic acids is 1. The van der Waals surface area contributed by atoms with Crippen LogP contribution in [0.2, 0.25) is 0 Å². The van der Waals surface area contributed by atoms with Crippen LogP contribution in [0.4, 0.5) is 8.78 Å². The van der Waals surface area contributed by atoms with E-state index in [4.69, 9.17) is 15.9 Å². The second kappa shape index (κ2) is 3.59. The number of nitrogens with two attached hydrogens (primary N) is 1. The van der Waals surface area contributed by atoms with E-state index in [1.54, 1.807) is 0 Å². The average Bonchev–Trinajstić information content (AvgIpc) is 2.01. The van der Waals surface area contributed by atoms with Crippen molar-refractivity contribution in [3.63, 3.8) is 0 Å². The summed E-state index contributed by atoms with van der Waals surface area (Å²) in [7, 11) is 0. The molecule has 0 aliphatic heterocycles. The number of aliphatic hydroxyl groups is 1. The summed E-state index contributed by atoms with van der Waals surface area (Å²) in [5.74, 6) is -1.64. The molecule has 66 valence electrons. The van der Waals surface area contributed by atoms with Crippen LogP contribution in [0.1, 0.15) is 0 Å². The molecular weight excluding hydrogens is 160 g/mol. The third kappa shape index (κ3) is 2.09. The molecule has 0 aliphatic carbocycles. The number of alkyl halides is 2. The van der Waals surface area contributed by atoms with Crippen molar-refractivity contribution >= 4 is 5.97 Å². The Morgan fingerprint density at radius 1 is 1.55 bits per heavy atom. The van der Waals surface area contributed by atoms with Gasteiger partial charge >= 0.3 is 5.97 Å². The van der Waals surface area contributed by atoms with Crippen molar-refractivity contribution in [2.45, 2.75) is 11.6 Å². The molecule has 0 saturated carbocycles. The second-order valence-corrected chi connectivity index (χ2v) is 2.19. The fourth-order valence-electron chi connectivity index (χ4n) is 0.432. The molecule has 0 aliphatic rings. The first kappa shape index (κ1) is 10.2. The van der Waals surface area contributed by atoms with E-state index < -0.39 is 31.0 Å². The first-order valence-corrected chi connectivity index (χ1v) is 2.80. The lowest BCUT2D eigenvalue weighted by molar-refractivity contribution is -0.147. The number of rotatable bonds is 4. The zero-order valence-electron chi connectivity index (χ0n) is 5.63. The second-order valence-electron chi connectivity index (χ2n) is 2.19. The summed E-state index contributed by atoms with van der Waals surface area (Å²) in [6, 6.07) is -1.93. The predicted octanol–water partition coefficient (Wildman–Crippen LogP) is -0.932. The molecule has 6 heteroatoms. The minimum atomic E-state index is -2.59. The standard InChI is InChI=1S/C5H9F2NO3/c6-1-5(11,2-7)3(8)4(9)10/h3,11H,1-2,8H2,(H,9,10)/t3-/m1/s1. The third-order valence-corrected chi connectivity index (χ3v) is 1.31. The molecule has 0 bridgehead atoms. The van der Waals surface area contributed by atoms with E-state index in [1.807, 2.05) is 0 Å². The molecule has 4 nitrogen and oxygen atoms in total. The van der Waals surface area contributed by atoms with Gasteiger partial charge in [-0.15, -0.1) is 0 Å². The zero-order valence-corrected chi connectivity index (χ0v) is 5.63. The van der Waals surface area contributed by atoms with Gasteiger partial charge in [0, 0.05) is 0 Å². The highest BCUT2D eigenvalue weighted by Gasteiger charge is 2.39. The van der Waals surface area contributed by atoms with Crippen molar-refractivity contribution in [3.8, 4) is 0 Å². The van der Waals surface area contributed by atoms with Gasteiger partial charge in [-0.3, -0.25) is 4.79 Å². The molecule has 0 spiro atoms. The van der Waals surface area contributed by atoms with Gasteiger partial charge in [-0.1, -0.05) is 0 Å². The number of carboxylic acid groups (broad SMARTS) is 1. The van der Waals surface area contributed by atoms with Gasteiger partial charge in [0.1, 0.15) is 25.0 Å². The first-order valence-electron chi connectivity index (χ1n) is 2.80. The van der Waals surface area contributed by atoms with Crippen LogP contribution in [-0.4, -0.2) is 41.2 Å². The summed E-state index contributed by atoms with van der Waals surface area (Å²) in [6.45, 7) is -3.03. The number of carboxylic acids is 1. The molecule has 11 heavy (non-hydrogen) atoms. The molecule has 0 amide bonds. The van der Waals surface area contributed by atoms with Crippen molar-refractivity contribution in [1.82, 2.24) is 0 Å². The van der Waals surface area contributed by atoms with E-state index in [2.05, 4.69) is 0 Å². The summed E-state index contributed by atoms with van der Waals surface area (Å²) in [5.41, 5.74) is 2.20.